The van der Waals surface area contributed by atoms with Crippen LogP contribution in [-0.2, 0) is 28.7 Å². The van der Waals surface area contributed by atoms with Crippen LogP contribution in [0.15, 0.2) is 24.3 Å². The van der Waals surface area contributed by atoms with Crippen LogP contribution in [-0.4, -0.2) is 73.2 Å². The third-order valence-electron chi connectivity index (χ3n) is 4.82. The van der Waals surface area contributed by atoms with Gasteiger partial charge in [0.25, 0.3) is 0 Å². The zero-order chi connectivity index (χ0) is 28.9. The van der Waals surface area contributed by atoms with Gasteiger partial charge in [-0.15, -0.1) is 0 Å². The first kappa shape index (κ1) is 33.0. The number of carbonyl (C=O) groups excluding carboxylic acids is 4. The average molecular weight is 537 g/mol. The lowest BCUT2D eigenvalue weighted by atomic mass is 10.2. The Morgan fingerprint density at radius 1 is 0.684 bits per heavy atom. The van der Waals surface area contributed by atoms with Crippen molar-refractivity contribution in [3.8, 4) is 0 Å². The number of hydrogen-bond acceptors (Lipinski definition) is 8. The van der Waals surface area contributed by atoms with Gasteiger partial charge in [0.2, 0.25) is 23.6 Å². The fraction of sp³-hybridized carbons (Fsp3) is 0.615. The maximum Gasteiger partial charge on any atom is 0.239 e. The molecule has 0 saturated heterocycles. The summed E-state index contributed by atoms with van der Waals surface area (Å²) in [4.78, 5) is 48.3. The molecule has 0 unspecified atom stereocenters. The van der Waals surface area contributed by atoms with Crippen molar-refractivity contribution in [1.29, 1.82) is 0 Å². The van der Waals surface area contributed by atoms with Crippen molar-refractivity contribution < 1.29 is 28.7 Å². The molecule has 0 heterocycles. The van der Waals surface area contributed by atoms with Gasteiger partial charge in [-0.3, -0.25) is 19.2 Å². The fourth-order valence-electron chi connectivity index (χ4n) is 2.78. The topological polar surface area (TPSA) is 187 Å². The molecule has 8 N–H and O–H groups in total. The summed E-state index contributed by atoms with van der Waals surface area (Å²) >= 11 is 0. The summed E-state index contributed by atoms with van der Waals surface area (Å²) in [6.45, 7) is 11.6. The van der Waals surface area contributed by atoms with Gasteiger partial charge in [-0.05, 0) is 65.8 Å². The zero-order valence-electron chi connectivity index (χ0n) is 23.3. The number of nitrogens with one attached hydrogen (secondary N) is 4. The summed E-state index contributed by atoms with van der Waals surface area (Å²) in [6, 6.07) is 4.93. The van der Waals surface area contributed by atoms with E-state index in [1.54, 1.807) is 24.3 Å². The monoisotopic (exact) mass is 536 g/mol. The summed E-state index contributed by atoms with van der Waals surface area (Å²) in [6.07, 6.45) is 0.129. The number of rotatable bonds is 14. The Kier molecular flexibility index (Phi) is 13.3. The van der Waals surface area contributed by atoms with Crippen LogP contribution in [0.5, 0.6) is 0 Å². The summed E-state index contributed by atoms with van der Waals surface area (Å²) in [5.41, 5.74) is 11.9. The van der Waals surface area contributed by atoms with Crippen LogP contribution in [0.2, 0.25) is 0 Å². The number of ether oxygens (including phenoxy) is 2. The number of hydrogen-bond donors (Lipinski definition) is 6. The third kappa shape index (κ3) is 15.3. The van der Waals surface area contributed by atoms with E-state index in [9.17, 15) is 19.2 Å². The first-order valence-electron chi connectivity index (χ1n) is 12.6. The second kappa shape index (κ2) is 15.4. The Balaban J connectivity index is 2.31. The lowest BCUT2D eigenvalue weighted by molar-refractivity contribution is -0.126. The van der Waals surface area contributed by atoms with Crippen LogP contribution in [0.1, 0.15) is 54.4 Å². The minimum absolute atomic E-state index is 0.0643. The minimum atomic E-state index is -0.818. The minimum Gasteiger partial charge on any atom is -0.374 e. The smallest absolute Gasteiger partial charge is 0.239 e. The molecule has 0 aliphatic heterocycles. The van der Waals surface area contributed by atoms with Gasteiger partial charge in [-0.25, -0.2) is 0 Å². The molecule has 0 radical (unpaired) electrons. The lowest BCUT2D eigenvalue weighted by Crippen LogP contribution is -2.45. The molecule has 0 aliphatic rings. The fourth-order valence-corrected chi connectivity index (χ4v) is 2.78. The van der Waals surface area contributed by atoms with Crippen molar-refractivity contribution in [2.45, 2.75) is 77.7 Å². The average Bonchev–Trinajstić information content (AvgIpc) is 2.81. The van der Waals surface area contributed by atoms with Crippen LogP contribution in [0.25, 0.3) is 0 Å². The van der Waals surface area contributed by atoms with Gasteiger partial charge < -0.3 is 42.2 Å². The van der Waals surface area contributed by atoms with Crippen LogP contribution >= 0.6 is 0 Å². The molecule has 1 aromatic rings. The number of benzene rings is 1. The Bertz CT molecular complexity index is 849. The molecule has 0 bridgehead atoms. The summed E-state index contributed by atoms with van der Waals surface area (Å²) in [5.74, 6) is -1.36. The number of nitrogens with two attached hydrogens (primary N) is 2. The van der Waals surface area contributed by atoms with Gasteiger partial charge in [-0.2, -0.15) is 0 Å². The van der Waals surface area contributed by atoms with Crippen molar-refractivity contribution in [1.82, 2.24) is 10.6 Å². The van der Waals surface area contributed by atoms with E-state index in [2.05, 4.69) is 21.3 Å². The first-order valence-corrected chi connectivity index (χ1v) is 12.6. The van der Waals surface area contributed by atoms with Gasteiger partial charge in [0.15, 0.2) is 0 Å². The summed E-state index contributed by atoms with van der Waals surface area (Å²) < 4.78 is 11.0. The SMILES string of the molecule is CC(C)(C)OC[C@H](N)C(=O)NCCC(=O)Nc1ccc(NC(=O)CCNC(=O)[C@@H](N)COC(C)(C)C)cc1. The highest BCUT2D eigenvalue weighted by Gasteiger charge is 2.19. The lowest BCUT2D eigenvalue weighted by Gasteiger charge is -2.22. The van der Waals surface area contributed by atoms with E-state index < -0.39 is 23.3 Å². The van der Waals surface area contributed by atoms with Crippen molar-refractivity contribution in [3.63, 3.8) is 0 Å². The molecule has 2 atom stereocenters. The highest BCUT2D eigenvalue weighted by molar-refractivity contribution is 5.93. The Hall–Kier alpha value is -3.06. The molecular formula is C26H44N6O6. The van der Waals surface area contributed by atoms with Gasteiger partial charge in [0.05, 0.1) is 24.4 Å². The maximum absolute atomic E-state index is 12.2. The molecule has 0 saturated carbocycles. The zero-order valence-corrected chi connectivity index (χ0v) is 23.3. The summed E-state index contributed by atoms with van der Waals surface area (Å²) in [5, 5.41) is 10.7. The van der Waals surface area contributed by atoms with Crippen LogP contribution < -0.4 is 32.7 Å². The molecule has 1 rings (SSSR count). The number of anilines is 2. The maximum atomic E-state index is 12.2. The molecule has 0 aliphatic carbocycles. The van der Waals surface area contributed by atoms with Crippen LogP contribution in [0.3, 0.4) is 0 Å². The van der Waals surface area contributed by atoms with Gasteiger partial charge in [0.1, 0.15) is 12.1 Å². The number of carbonyl (C=O) groups is 4. The van der Waals surface area contributed by atoms with Crippen molar-refractivity contribution in [2.24, 2.45) is 11.5 Å². The second-order valence-corrected chi connectivity index (χ2v) is 10.8. The Labute approximate surface area is 224 Å². The Morgan fingerprint density at radius 3 is 1.29 bits per heavy atom. The highest BCUT2D eigenvalue weighted by Crippen LogP contribution is 2.14. The Morgan fingerprint density at radius 2 is 1.00 bits per heavy atom. The highest BCUT2D eigenvalue weighted by atomic mass is 16.5. The van der Waals surface area contributed by atoms with E-state index in [0.717, 1.165) is 0 Å². The normalized spacial score (nSPS) is 13.3. The molecular weight excluding hydrogens is 492 g/mol. The quantitative estimate of drug-likeness (QED) is 0.202. The molecule has 1 aromatic carbocycles. The first-order chi connectivity index (χ1) is 17.6. The van der Waals surface area contributed by atoms with E-state index in [4.69, 9.17) is 20.9 Å². The van der Waals surface area contributed by atoms with Gasteiger partial charge >= 0.3 is 0 Å². The van der Waals surface area contributed by atoms with E-state index in [0.29, 0.717) is 11.4 Å². The second-order valence-electron chi connectivity index (χ2n) is 10.8. The molecule has 0 fully saturated rings. The van der Waals surface area contributed by atoms with Crippen molar-refractivity contribution in [3.05, 3.63) is 24.3 Å². The van der Waals surface area contributed by atoms with Crippen LogP contribution in [0, 0.1) is 0 Å². The predicted octanol–water partition coefficient (Wildman–Crippen LogP) is 0.861. The van der Waals surface area contributed by atoms with E-state index in [-0.39, 0.29) is 62.8 Å². The molecule has 38 heavy (non-hydrogen) atoms. The van der Waals surface area contributed by atoms with Crippen molar-refractivity contribution in [2.75, 3.05) is 36.9 Å². The van der Waals surface area contributed by atoms with E-state index in [1.165, 1.54) is 0 Å². The molecule has 12 heteroatoms. The van der Waals surface area contributed by atoms with Crippen molar-refractivity contribution >= 4 is 35.0 Å². The van der Waals surface area contributed by atoms with E-state index in [1.807, 2.05) is 41.5 Å². The van der Waals surface area contributed by atoms with Crippen LogP contribution in [0.4, 0.5) is 11.4 Å². The molecule has 4 amide bonds. The molecule has 0 aromatic heterocycles. The van der Waals surface area contributed by atoms with Gasteiger partial charge in [-0.1, -0.05) is 0 Å². The number of amides is 4. The molecule has 214 valence electrons. The van der Waals surface area contributed by atoms with Gasteiger partial charge in [0, 0.05) is 37.3 Å². The molecule has 0 spiro atoms. The largest absolute Gasteiger partial charge is 0.374 e. The van der Waals surface area contributed by atoms with E-state index >= 15 is 0 Å². The standard InChI is InChI=1S/C26H44N6O6/c1-25(2,3)37-15-19(27)23(35)29-13-11-21(33)31-17-7-9-18(10-8-17)32-22(34)12-14-30-24(36)20(28)16-38-26(4,5)6/h7-10,19-20H,11-16,27-28H2,1-6H3,(H,29,35)(H,30,36)(H,31,33)(H,32,34)/t19-,20-/m0/s1. The molecule has 12 nitrogen and oxygen atoms in total. The third-order valence-corrected chi connectivity index (χ3v) is 4.82. The summed E-state index contributed by atoms with van der Waals surface area (Å²) in [7, 11) is 0. The predicted molar refractivity (Wildman–Crippen MR) is 146 cm³/mol.